The molecule has 0 aliphatic carbocycles. The maximum absolute atomic E-state index is 14.5. The van der Waals surface area contributed by atoms with Crippen molar-refractivity contribution in [3.05, 3.63) is 96.3 Å². The van der Waals surface area contributed by atoms with Crippen molar-refractivity contribution in [2.24, 2.45) is 0 Å². The second-order valence-corrected chi connectivity index (χ2v) is 9.36. The third-order valence-electron chi connectivity index (χ3n) is 6.53. The van der Waals surface area contributed by atoms with Crippen LogP contribution in [-0.2, 0) is 0 Å². The monoisotopic (exact) mass is 416 g/mol. The first kappa shape index (κ1) is 17.2. The van der Waals surface area contributed by atoms with Crippen molar-refractivity contribution < 1.29 is 4.39 Å². The second kappa shape index (κ2) is 6.03. The van der Waals surface area contributed by atoms with Crippen LogP contribution >= 0.6 is 11.3 Å². The molecule has 0 radical (unpaired) electrons. The van der Waals surface area contributed by atoms with Crippen LogP contribution in [0.1, 0.15) is 5.56 Å². The Morgan fingerprint density at radius 2 is 1.06 bits per heavy atom. The van der Waals surface area contributed by atoms with Gasteiger partial charge in [0, 0.05) is 30.9 Å². The Kier molecular flexibility index (Phi) is 3.35. The molecule has 0 nitrogen and oxygen atoms in total. The molecule has 0 aliphatic rings. The van der Waals surface area contributed by atoms with Crippen LogP contribution < -0.4 is 0 Å². The molecule has 0 bridgehead atoms. The van der Waals surface area contributed by atoms with E-state index in [2.05, 4.69) is 73.7 Å². The largest absolute Gasteiger partial charge is 0.207 e. The summed E-state index contributed by atoms with van der Waals surface area (Å²) in [6, 6.07) is 29.1. The van der Waals surface area contributed by atoms with Crippen LogP contribution in [0.4, 0.5) is 4.39 Å². The first-order valence-corrected chi connectivity index (χ1v) is 11.3. The fraction of sp³-hybridized carbons (Fsp3) is 0.0345. The van der Waals surface area contributed by atoms with Gasteiger partial charge in [0.15, 0.2) is 0 Å². The summed E-state index contributed by atoms with van der Waals surface area (Å²) in [5.41, 5.74) is 1.25. The molecule has 0 saturated carbocycles. The first-order chi connectivity index (χ1) is 15.2. The predicted octanol–water partition coefficient (Wildman–Crippen LogP) is 9.11. The van der Waals surface area contributed by atoms with Crippen LogP contribution in [-0.4, -0.2) is 0 Å². The molecule has 0 unspecified atom stereocenters. The fourth-order valence-electron chi connectivity index (χ4n) is 5.22. The van der Waals surface area contributed by atoms with E-state index in [0.717, 1.165) is 10.8 Å². The van der Waals surface area contributed by atoms with E-state index < -0.39 is 0 Å². The quantitative estimate of drug-likeness (QED) is 0.216. The molecule has 0 fully saturated rings. The number of hydrogen-bond donors (Lipinski definition) is 0. The van der Waals surface area contributed by atoms with Gasteiger partial charge >= 0.3 is 0 Å². The van der Waals surface area contributed by atoms with E-state index in [-0.39, 0.29) is 5.82 Å². The second-order valence-electron chi connectivity index (χ2n) is 8.34. The van der Waals surface area contributed by atoms with Gasteiger partial charge in [-0.3, -0.25) is 0 Å². The van der Waals surface area contributed by atoms with E-state index in [1.54, 1.807) is 12.1 Å². The number of thiophene rings is 1. The summed E-state index contributed by atoms with van der Waals surface area (Å²) >= 11 is 1.84. The molecule has 6 aromatic carbocycles. The molecule has 146 valence electrons. The lowest BCUT2D eigenvalue weighted by molar-refractivity contribution is 0.630. The number of hydrogen-bond acceptors (Lipinski definition) is 1. The minimum absolute atomic E-state index is 0.190. The number of aryl methyl sites for hydroxylation is 1. The number of rotatable bonds is 0. The summed E-state index contributed by atoms with van der Waals surface area (Å²) in [5, 5.41) is 12.0. The fourth-order valence-corrected chi connectivity index (χ4v) is 6.61. The maximum atomic E-state index is 14.5. The zero-order valence-corrected chi connectivity index (χ0v) is 17.7. The van der Waals surface area contributed by atoms with Crippen molar-refractivity contribution in [2.45, 2.75) is 6.92 Å². The van der Waals surface area contributed by atoms with Crippen LogP contribution in [0.2, 0.25) is 0 Å². The summed E-state index contributed by atoms with van der Waals surface area (Å²) in [6.07, 6.45) is 0. The van der Waals surface area contributed by atoms with Crippen molar-refractivity contribution in [2.75, 3.05) is 0 Å². The van der Waals surface area contributed by atoms with E-state index in [9.17, 15) is 4.39 Å². The van der Waals surface area contributed by atoms with Crippen LogP contribution in [0.25, 0.3) is 63.3 Å². The number of benzene rings is 6. The van der Waals surface area contributed by atoms with Crippen molar-refractivity contribution in [1.82, 2.24) is 0 Å². The lowest BCUT2D eigenvalue weighted by Gasteiger charge is -2.10. The summed E-state index contributed by atoms with van der Waals surface area (Å²) in [4.78, 5) is 0. The summed E-state index contributed by atoms with van der Waals surface area (Å²) in [6.45, 7) is 2.15. The van der Waals surface area contributed by atoms with Gasteiger partial charge in [0.2, 0.25) is 0 Å². The minimum Gasteiger partial charge on any atom is -0.207 e. The molecule has 0 spiro atoms. The zero-order chi connectivity index (χ0) is 20.7. The number of fused-ring (bicyclic) bond motifs is 13. The lowest BCUT2D eigenvalue weighted by Crippen LogP contribution is -1.84. The molecule has 0 aliphatic heterocycles. The van der Waals surface area contributed by atoms with Gasteiger partial charge in [-0.05, 0) is 57.4 Å². The molecule has 31 heavy (non-hydrogen) atoms. The van der Waals surface area contributed by atoms with Gasteiger partial charge in [0.25, 0.3) is 0 Å². The Bertz CT molecular complexity index is 1860. The Morgan fingerprint density at radius 3 is 1.87 bits per heavy atom. The summed E-state index contributed by atoms with van der Waals surface area (Å²) < 4.78 is 17.0. The van der Waals surface area contributed by atoms with Crippen LogP contribution in [0, 0.1) is 12.7 Å². The molecule has 1 heterocycles. The van der Waals surface area contributed by atoms with Gasteiger partial charge in [0.1, 0.15) is 5.82 Å². The van der Waals surface area contributed by atoms with E-state index in [0.29, 0.717) is 0 Å². The average Bonchev–Trinajstić information content (AvgIpc) is 3.21. The highest BCUT2D eigenvalue weighted by atomic mass is 32.1. The normalized spacial score (nSPS) is 12.2. The maximum Gasteiger partial charge on any atom is 0.123 e. The van der Waals surface area contributed by atoms with Crippen LogP contribution in [0.15, 0.2) is 84.9 Å². The van der Waals surface area contributed by atoms with Gasteiger partial charge in [-0.1, -0.05) is 72.3 Å². The summed E-state index contributed by atoms with van der Waals surface area (Å²) in [7, 11) is 0. The minimum atomic E-state index is -0.190. The van der Waals surface area contributed by atoms with Gasteiger partial charge in [0.05, 0.1) is 0 Å². The van der Waals surface area contributed by atoms with Crippen molar-refractivity contribution in [1.29, 1.82) is 0 Å². The average molecular weight is 417 g/mol. The Labute approximate surface area is 182 Å². The zero-order valence-electron chi connectivity index (χ0n) is 16.9. The van der Waals surface area contributed by atoms with Crippen LogP contribution in [0.3, 0.4) is 0 Å². The van der Waals surface area contributed by atoms with E-state index >= 15 is 0 Å². The van der Waals surface area contributed by atoms with E-state index in [1.165, 1.54) is 58.1 Å². The molecule has 0 amide bonds. The highest BCUT2D eigenvalue weighted by Gasteiger charge is 2.19. The van der Waals surface area contributed by atoms with E-state index in [1.807, 2.05) is 17.4 Å². The molecule has 7 aromatic rings. The third kappa shape index (κ3) is 2.23. The smallest absolute Gasteiger partial charge is 0.123 e. The van der Waals surface area contributed by atoms with Gasteiger partial charge < -0.3 is 0 Å². The topological polar surface area (TPSA) is 0 Å². The molecule has 0 atom stereocenters. The Balaban J connectivity index is 1.92. The Morgan fingerprint density at radius 1 is 0.516 bits per heavy atom. The van der Waals surface area contributed by atoms with E-state index in [4.69, 9.17) is 0 Å². The molecule has 1 aromatic heterocycles. The van der Waals surface area contributed by atoms with Crippen molar-refractivity contribution in [3.63, 3.8) is 0 Å². The van der Waals surface area contributed by atoms with Gasteiger partial charge in [-0.2, -0.15) is 0 Å². The molecular weight excluding hydrogens is 399 g/mol. The predicted molar refractivity (Wildman–Crippen MR) is 134 cm³/mol. The Hall–Kier alpha value is -3.49. The lowest BCUT2D eigenvalue weighted by atomic mass is 9.92. The standard InChI is InChI=1S/C29H17FS/c1-16-10-12-21-18-6-2-4-8-22(18)26-27-24-15-17(30)11-13-20(24)19-7-3-5-9-23(19)28(27)31-29(26)25(21)14-16/h2-15H,1H3. The van der Waals surface area contributed by atoms with Crippen molar-refractivity contribution in [3.8, 4) is 0 Å². The number of halogens is 1. The molecule has 7 rings (SSSR count). The molecular formula is C29H17FS. The highest BCUT2D eigenvalue weighted by molar-refractivity contribution is 7.28. The van der Waals surface area contributed by atoms with Gasteiger partial charge in [-0.15, -0.1) is 11.3 Å². The first-order valence-electron chi connectivity index (χ1n) is 10.5. The SMILES string of the molecule is Cc1ccc2c3ccccc3c3c(sc4c5ccccc5c5ccc(F)cc5c43)c2c1. The van der Waals surface area contributed by atoms with Crippen molar-refractivity contribution >= 4 is 74.6 Å². The molecule has 2 heteroatoms. The summed E-state index contributed by atoms with van der Waals surface area (Å²) in [5.74, 6) is -0.190. The molecule has 0 saturated heterocycles. The van der Waals surface area contributed by atoms with Gasteiger partial charge in [-0.25, -0.2) is 4.39 Å². The third-order valence-corrected chi connectivity index (χ3v) is 7.78. The van der Waals surface area contributed by atoms with Crippen LogP contribution in [0.5, 0.6) is 0 Å². The highest BCUT2D eigenvalue weighted by Crippen LogP contribution is 2.49. The molecule has 0 N–H and O–H groups in total.